The quantitative estimate of drug-likeness (QED) is 0.142. The third kappa shape index (κ3) is 7.73. The number of halogens is 2. The van der Waals surface area contributed by atoms with E-state index in [1.807, 2.05) is 18.2 Å². The molecular formula is C29H36Cl2N8O5. The molecule has 3 aromatic rings. The van der Waals surface area contributed by atoms with Gasteiger partial charge in [0, 0.05) is 57.6 Å². The van der Waals surface area contributed by atoms with Gasteiger partial charge in [0.15, 0.2) is 0 Å². The van der Waals surface area contributed by atoms with Gasteiger partial charge in [0.25, 0.3) is 0 Å². The molecule has 236 valence electrons. The van der Waals surface area contributed by atoms with Gasteiger partial charge in [-0.25, -0.2) is 14.8 Å². The first-order chi connectivity index (χ1) is 21.2. The number of nitrogens with zero attached hydrogens (tertiary/aromatic N) is 5. The molecule has 1 saturated heterocycles. The predicted octanol–water partition coefficient (Wildman–Crippen LogP) is 4.24. The van der Waals surface area contributed by atoms with Crippen molar-refractivity contribution < 1.29 is 24.5 Å². The molecule has 44 heavy (non-hydrogen) atoms. The SMILES string of the molecule is C=CC(O)Nc1cc(N2CCN(CCO)CC2)ccc1Nc1cc(N(C)C(=O)Nc2c(Cl)c(OC)cc(OC)c2Cl)ncn1. The number of hydrogen-bond donors (Lipinski definition) is 5. The first-order valence-electron chi connectivity index (χ1n) is 13.7. The number of urea groups is 1. The second-order valence-corrected chi connectivity index (χ2v) is 10.5. The molecule has 1 aromatic heterocycles. The second-order valence-electron chi connectivity index (χ2n) is 9.77. The molecule has 2 aromatic carbocycles. The summed E-state index contributed by atoms with van der Waals surface area (Å²) in [6, 6.07) is 8.34. The molecule has 1 atom stereocenters. The molecule has 0 aliphatic carbocycles. The summed E-state index contributed by atoms with van der Waals surface area (Å²) in [5.41, 5.74) is 2.35. The van der Waals surface area contributed by atoms with Crippen molar-refractivity contribution in [2.45, 2.75) is 6.23 Å². The number of aromatic nitrogens is 2. The lowest BCUT2D eigenvalue weighted by Crippen LogP contribution is -2.47. The fourth-order valence-electron chi connectivity index (χ4n) is 4.57. The Morgan fingerprint density at radius 3 is 2.39 bits per heavy atom. The average Bonchev–Trinajstić information content (AvgIpc) is 3.04. The summed E-state index contributed by atoms with van der Waals surface area (Å²) in [7, 11) is 4.41. The van der Waals surface area contributed by atoms with Crippen LogP contribution in [0.1, 0.15) is 0 Å². The van der Waals surface area contributed by atoms with Crippen molar-refractivity contribution in [3.63, 3.8) is 0 Å². The van der Waals surface area contributed by atoms with Crippen molar-refractivity contribution in [3.8, 4) is 11.5 Å². The number of aliphatic hydroxyl groups excluding tert-OH is 2. The van der Waals surface area contributed by atoms with Gasteiger partial charge in [0.2, 0.25) is 0 Å². The zero-order chi connectivity index (χ0) is 31.8. The minimum atomic E-state index is -0.989. The number of hydrogen-bond acceptors (Lipinski definition) is 11. The lowest BCUT2D eigenvalue weighted by molar-refractivity contribution is 0.189. The highest BCUT2D eigenvalue weighted by molar-refractivity contribution is 6.41. The lowest BCUT2D eigenvalue weighted by Gasteiger charge is -2.36. The van der Waals surface area contributed by atoms with Crippen LogP contribution < -0.4 is 35.2 Å². The molecule has 15 heteroatoms. The van der Waals surface area contributed by atoms with Crippen LogP contribution in [0.15, 0.2) is 49.3 Å². The van der Waals surface area contributed by atoms with E-state index in [-0.39, 0.29) is 39.7 Å². The molecule has 4 rings (SSSR count). The van der Waals surface area contributed by atoms with Crippen molar-refractivity contribution in [1.82, 2.24) is 14.9 Å². The third-order valence-corrected chi connectivity index (χ3v) is 7.80. The number of methoxy groups -OCH3 is 2. The monoisotopic (exact) mass is 646 g/mol. The second kappa shape index (κ2) is 15.1. The maximum absolute atomic E-state index is 13.2. The molecule has 1 fully saturated rings. The number of nitrogens with one attached hydrogen (secondary N) is 3. The molecule has 0 saturated carbocycles. The largest absolute Gasteiger partial charge is 0.495 e. The van der Waals surface area contributed by atoms with Crippen LogP contribution >= 0.6 is 23.2 Å². The number of amides is 2. The zero-order valence-corrected chi connectivity index (χ0v) is 26.2. The molecule has 1 aliphatic heterocycles. The smallest absolute Gasteiger partial charge is 0.327 e. The van der Waals surface area contributed by atoms with Crippen LogP contribution in [0.4, 0.5) is 39.2 Å². The fraction of sp³-hybridized carbons (Fsp3) is 0.345. The molecule has 2 amide bonds. The number of rotatable bonds is 12. The van der Waals surface area contributed by atoms with Gasteiger partial charge in [-0.3, -0.25) is 9.80 Å². The molecule has 1 aliphatic rings. The molecule has 2 heterocycles. The number of carbonyl (C=O) groups is 1. The number of β-amino-alcohol motifs (C(OH)–C–C–N with tert-alkyl or cyclic N) is 1. The van der Waals surface area contributed by atoms with Crippen LogP contribution in [-0.2, 0) is 0 Å². The van der Waals surface area contributed by atoms with E-state index in [4.69, 9.17) is 32.7 Å². The lowest BCUT2D eigenvalue weighted by atomic mass is 10.2. The average molecular weight is 648 g/mol. The number of benzene rings is 2. The van der Waals surface area contributed by atoms with Crippen LogP contribution in [0.2, 0.25) is 10.0 Å². The van der Waals surface area contributed by atoms with E-state index in [0.717, 1.165) is 31.9 Å². The van der Waals surface area contributed by atoms with E-state index in [1.165, 1.54) is 44.6 Å². The van der Waals surface area contributed by atoms with E-state index in [2.05, 4.69) is 42.3 Å². The van der Waals surface area contributed by atoms with E-state index >= 15 is 0 Å². The summed E-state index contributed by atoms with van der Waals surface area (Å²) in [4.78, 5) is 27.5. The molecule has 5 N–H and O–H groups in total. The highest BCUT2D eigenvalue weighted by atomic mass is 35.5. The Balaban J connectivity index is 1.53. The van der Waals surface area contributed by atoms with Crippen molar-refractivity contribution in [3.05, 3.63) is 59.4 Å². The van der Waals surface area contributed by atoms with Crippen molar-refractivity contribution in [1.29, 1.82) is 0 Å². The van der Waals surface area contributed by atoms with Gasteiger partial charge in [-0.1, -0.05) is 29.8 Å². The Hall–Kier alpha value is -4.01. The minimum absolute atomic E-state index is 0.113. The van der Waals surface area contributed by atoms with Crippen LogP contribution in [0.3, 0.4) is 0 Å². The van der Waals surface area contributed by atoms with Gasteiger partial charge in [-0.2, -0.15) is 0 Å². The van der Waals surface area contributed by atoms with Gasteiger partial charge >= 0.3 is 6.03 Å². The van der Waals surface area contributed by atoms with Gasteiger partial charge in [0.05, 0.1) is 37.9 Å². The number of carbonyl (C=O) groups excluding carboxylic acids is 1. The molecular weight excluding hydrogens is 611 g/mol. The summed E-state index contributed by atoms with van der Waals surface area (Å²) < 4.78 is 10.5. The van der Waals surface area contributed by atoms with E-state index in [1.54, 1.807) is 6.07 Å². The first-order valence-corrected chi connectivity index (χ1v) is 14.5. The first kappa shape index (κ1) is 32.9. The summed E-state index contributed by atoms with van der Waals surface area (Å²) in [6.45, 7) is 7.74. The van der Waals surface area contributed by atoms with Gasteiger partial charge < -0.3 is 40.5 Å². The summed E-state index contributed by atoms with van der Waals surface area (Å²) in [6.07, 6.45) is 1.72. The summed E-state index contributed by atoms with van der Waals surface area (Å²) >= 11 is 12.8. The van der Waals surface area contributed by atoms with Crippen LogP contribution in [0.5, 0.6) is 11.5 Å². The maximum atomic E-state index is 13.2. The minimum Gasteiger partial charge on any atom is -0.495 e. The highest BCUT2D eigenvalue weighted by Crippen LogP contribution is 2.44. The van der Waals surface area contributed by atoms with E-state index in [0.29, 0.717) is 23.7 Å². The molecule has 0 bridgehead atoms. The molecule has 0 radical (unpaired) electrons. The Morgan fingerprint density at radius 1 is 1.09 bits per heavy atom. The van der Waals surface area contributed by atoms with Gasteiger partial charge in [-0.05, 0) is 24.3 Å². The number of anilines is 6. The van der Waals surface area contributed by atoms with E-state index < -0.39 is 12.3 Å². The molecule has 1 unspecified atom stereocenters. The number of aliphatic hydroxyl groups is 2. The molecule has 0 spiro atoms. The molecule has 13 nitrogen and oxygen atoms in total. The Bertz CT molecular complexity index is 1440. The van der Waals surface area contributed by atoms with Crippen molar-refractivity contribution >= 4 is 63.6 Å². The normalized spacial score (nSPS) is 14.0. The predicted molar refractivity (Wildman–Crippen MR) is 174 cm³/mol. The number of ether oxygens (including phenoxy) is 2. The highest BCUT2D eigenvalue weighted by Gasteiger charge is 2.22. The van der Waals surface area contributed by atoms with Gasteiger partial charge in [-0.15, -0.1) is 0 Å². The zero-order valence-electron chi connectivity index (χ0n) is 24.7. The Morgan fingerprint density at radius 2 is 1.77 bits per heavy atom. The van der Waals surface area contributed by atoms with Crippen LogP contribution in [0.25, 0.3) is 0 Å². The maximum Gasteiger partial charge on any atom is 0.327 e. The Labute approximate surface area is 266 Å². The fourth-order valence-corrected chi connectivity index (χ4v) is 5.17. The van der Waals surface area contributed by atoms with Crippen LogP contribution in [0, 0.1) is 0 Å². The summed E-state index contributed by atoms with van der Waals surface area (Å²) in [5.74, 6) is 1.23. The summed E-state index contributed by atoms with van der Waals surface area (Å²) in [5, 5.41) is 28.7. The number of piperazine rings is 1. The van der Waals surface area contributed by atoms with Gasteiger partial charge in [0.1, 0.15) is 45.7 Å². The van der Waals surface area contributed by atoms with Crippen molar-refractivity contribution in [2.75, 3.05) is 86.3 Å². The Kier molecular flexibility index (Phi) is 11.3. The van der Waals surface area contributed by atoms with E-state index in [9.17, 15) is 15.0 Å². The third-order valence-electron chi connectivity index (χ3n) is 7.05. The van der Waals surface area contributed by atoms with Crippen molar-refractivity contribution in [2.24, 2.45) is 0 Å². The topological polar surface area (TPSA) is 148 Å². The standard InChI is InChI=1S/C29H36Cl2N8O5/c1-5-25(41)35-20-14-18(39-10-8-38(9-11-39)12-13-40)6-7-19(20)34-23-16-24(33-17-32-23)37(2)29(42)36-28-26(30)21(43-3)15-22(44-4)27(28)31/h5-7,14-17,25,35,40-41H,1,8-13H2,2-4H3,(H,36,42)(H,32,33,34). The van der Waals surface area contributed by atoms with Crippen LogP contribution in [-0.4, -0.2) is 97.9 Å².